The summed E-state index contributed by atoms with van der Waals surface area (Å²) >= 11 is 0. The van der Waals surface area contributed by atoms with Gasteiger partial charge in [-0.1, -0.05) is 106 Å². The number of nitrogens with one attached hydrogen (secondary N) is 5. The lowest BCUT2D eigenvalue weighted by atomic mass is 9.75. The normalized spacial score (nSPS) is 12.6. The van der Waals surface area contributed by atoms with E-state index in [-0.39, 0.29) is 11.8 Å². The lowest BCUT2D eigenvalue weighted by Crippen LogP contribution is -2.53. The Kier molecular flexibility index (Phi) is 10.1. The van der Waals surface area contributed by atoms with E-state index in [1.165, 1.54) is 38.5 Å². The number of amides is 2. The molecule has 0 aliphatic rings. The Morgan fingerprint density at radius 1 is 0.660 bits per heavy atom. The Morgan fingerprint density at radius 3 is 1.74 bits per heavy atom. The fraction of sp³-hybridized carbons (Fsp3) is 0.350. The number of para-hydroxylation sites is 3. The Morgan fingerprint density at radius 2 is 1.15 bits per heavy atom. The molecule has 47 heavy (non-hydrogen) atoms. The van der Waals surface area contributed by atoms with Crippen LogP contribution in [0.1, 0.15) is 81.9 Å². The van der Waals surface area contributed by atoms with Gasteiger partial charge < -0.3 is 25.6 Å². The summed E-state index contributed by atoms with van der Waals surface area (Å²) in [5.41, 5.74) is 4.54. The van der Waals surface area contributed by atoms with E-state index in [1.54, 1.807) is 0 Å². The molecule has 0 aliphatic heterocycles. The summed E-state index contributed by atoms with van der Waals surface area (Å²) in [6.45, 7) is 4.80. The topological polar surface area (TPSA) is 106 Å². The summed E-state index contributed by atoms with van der Waals surface area (Å²) in [5, 5.41) is 9.42. The number of aromatic nitrogens is 3. The molecule has 0 bridgehead atoms. The molecule has 3 heterocycles. The molecule has 3 aromatic heterocycles. The van der Waals surface area contributed by atoms with E-state index in [0.717, 1.165) is 62.2 Å². The molecule has 0 fully saturated rings. The standard InChI is InChI=1S/C40H47N5O2/c1-3-4-5-6-7-8-9-16-23-41-38(46)37(24-28-25-42-34-20-13-10-17-29(28)34)45-39(47)40(2,32-26-43-35-21-14-11-18-30(32)35)33-27-44-36-22-15-12-19-31(33)36/h10-15,17-22,25-27,37,42-44H,3-9,16,23-24H2,1-2H3,(H,41,46)(H,45,47)/t37-/m0/s1. The Balaban J connectivity index is 1.28. The van der Waals surface area contributed by atoms with E-state index in [2.05, 4.69) is 38.6 Å². The van der Waals surface area contributed by atoms with Crippen molar-refractivity contribution in [3.05, 3.63) is 108 Å². The number of aromatic amines is 3. The predicted octanol–water partition coefficient (Wildman–Crippen LogP) is 8.42. The zero-order chi connectivity index (χ0) is 32.6. The first-order valence-corrected chi connectivity index (χ1v) is 17.3. The van der Waals surface area contributed by atoms with Crippen molar-refractivity contribution < 1.29 is 9.59 Å². The van der Waals surface area contributed by atoms with E-state index in [0.29, 0.717) is 13.0 Å². The van der Waals surface area contributed by atoms with E-state index in [1.807, 2.05) is 92.2 Å². The molecule has 1 atom stereocenters. The molecule has 0 spiro atoms. The fourth-order valence-electron chi connectivity index (χ4n) is 6.99. The number of benzene rings is 3. The van der Waals surface area contributed by atoms with Crippen molar-refractivity contribution in [3.8, 4) is 0 Å². The van der Waals surface area contributed by atoms with Crippen molar-refractivity contribution in [2.24, 2.45) is 0 Å². The third-order valence-corrected chi connectivity index (χ3v) is 9.76. The molecule has 7 heteroatoms. The maximum Gasteiger partial charge on any atom is 0.242 e. The van der Waals surface area contributed by atoms with Crippen LogP contribution in [0.25, 0.3) is 32.7 Å². The largest absolute Gasteiger partial charge is 0.361 e. The summed E-state index contributed by atoms with van der Waals surface area (Å²) in [6.07, 6.45) is 15.8. The average molecular weight is 630 g/mol. The van der Waals surface area contributed by atoms with Gasteiger partial charge >= 0.3 is 0 Å². The number of rotatable bonds is 16. The Hall–Kier alpha value is -4.78. The highest BCUT2D eigenvalue weighted by Gasteiger charge is 2.42. The summed E-state index contributed by atoms with van der Waals surface area (Å²) in [7, 11) is 0. The number of fused-ring (bicyclic) bond motifs is 3. The van der Waals surface area contributed by atoms with E-state index >= 15 is 0 Å². The second-order valence-electron chi connectivity index (χ2n) is 13.0. The van der Waals surface area contributed by atoms with E-state index in [4.69, 9.17) is 0 Å². The molecule has 3 aromatic carbocycles. The van der Waals surface area contributed by atoms with Crippen molar-refractivity contribution in [1.82, 2.24) is 25.6 Å². The maximum absolute atomic E-state index is 14.9. The van der Waals surface area contributed by atoms with Gasteiger partial charge in [0, 0.05) is 64.3 Å². The van der Waals surface area contributed by atoms with Crippen LogP contribution in [0.2, 0.25) is 0 Å². The smallest absolute Gasteiger partial charge is 0.242 e. The predicted molar refractivity (Wildman–Crippen MR) is 193 cm³/mol. The van der Waals surface area contributed by atoms with Gasteiger partial charge in [0.25, 0.3) is 0 Å². The highest BCUT2D eigenvalue weighted by molar-refractivity contribution is 6.03. The third-order valence-electron chi connectivity index (χ3n) is 9.76. The second-order valence-corrected chi connectivity index (χ2v) is 13.0. The van der Waals surface area contributed by atoms with Crippen molar-refractivity contribution >= 4 is 44.5 Å². The van der Waals surface area contributed by atoms with Gasteiger partial charge in [0.1, 0.15) is 11.5 Å². The maximum atomic E-state index is 14.9. The molecular weight excluding hydrogens is 582 g/mol. The van der Waals surface area contributed by atoms with Crippen LogP contribution in [0.15, 0.2) is 91.4 Å². The zero-order valence-corrected chi connectivity index (χ0v) is 27.6. The molecular formula is C40H47N5O2. The van der Waals surface area contributed by atoms with Crippen molar-refractivity contribution in [2.45, 2.75) is 83.1 Å². The van der Waals surface area contributed by atoms with Crippen molar-refractivity contribution in [1.29, 1.82) is 0 Å². The second kappa shape index (κ2) is 14.8. The summed E-state index contributed by atoms with van der Waals surface area (Å²) in [5.74, 6) is -0.383. The molecule has 6 aromatic rings. The number of unbranched alkanes of at least 4 members (excludes halogenated alkanes) is 7. The minimum absolute atomic E-state index is 0.160. The van der Waals surface area contributed by atoms with Crippen LogP contribution in [0.4, 0.5) is 0 Å². The molecule has 2 amide bonds. The zero-order valence-electron chi connectivity index (χ0n) is 27.6. The first-order chi connectivity index (χ1) is 23.0. The van der Waals surface area contributed by atoms with Crippen LogP contribution in [-0.2, 0) is 21.4 Å². The molecule has 0 radical (unpaired) electrons. The lowest BCUT2D eigenvalue weighted by molar-refractivity contribution is -0.131. The number of carbonyl (C=O) groups excluding carboxylic acids is 2. The van der Waals surface area contributed by atoms with Gasteiger partial charge in [0.05, 0.1) is 0 Å². The monoisotopic (exact) mass is 629 g/mol. The van der Waals surface area contributed by atoms with Crippen LogP contribution in [0.3, 0.4) is 0 Å². The molecule has 7 nitrogen and oxygen atoms in total. The van der Waals surface area contributed by atoms with Crippen LogP contribution in [0.5, 0.6) is 0 Å². The number of hydrogen-bond donors (Lipinski definition) is 5. The average Bonchev–Trinajstić information content (AvgIpc) is 3.84. The summed E-state index contributed by atoms with van der Waals surface area (Å²) in [4.78, 5) is 38.9. The number of carbonyl (C=O) groups is 2. The quantitative estimate of drug-likeness (QED) is 0.0694. The van der Waals surface area contributed by atoms with Gasteiger partial charge in [0.15, 0.2) is 0 Å². The van der Waals surface area contributed by atoms with Gasteiger partial charge in [0.2, 0.25) is 11.8 Å². The third kappa shape index (κ3) is 6.85. The first-order valence-electron chi connectivity index (χ1n) is 17.3. The van der Waals surface area contributed by atoms with Gasteiger partial charge in [-0.2, -0.15) is 0 Å². The highest BCUT2D eigenvalue weighted by atomic mass is 16.2. The van der Waals surface area contributed by atoms with E-state index in [9.17, 15) is 9.59 Å². The lowest BCUT2D eigenvalue weighted by Gasteiger charge is -2.31. The minimum atomic E-state index is -1.10. The minimum Gasteiger partial charge on any atom is -0.361 e. The van der Waals surface area contributed by atoms with Crippen molar-refractivity contribution in [2.75, 3.05) is 6.54 Å². The Labute approximate surface area is 276 Å². The van der Waals surface area contributed by atoms with E-state index < -0.39 is 11.5 Å². The fourth-order valence-corrected chi connectivity index (χ4v) is 6.99. The van der Waals surface area contributed by atoms with Gasteiger partial charge in [-0.05, 0) is 48.2 Å². The first kappa shape index (κ1) is 32.2. The number of hydrogen-bond acceptors (Lipinski definition) is 2. The molecule has 0 aliphatic carbocycles. The van der Waals surface area contributed by atoms with Gasteiger partial charge in [-0.3, -0.25) is 9.59 Å². The molecule has 0 saturated carbocycles. The molecule has 0 unspecified atom stereocenters. The van der Waals surface area contributed by atoms with Crippen LogP contribution in [-0.4, -0.2) is 39.4 Å². The molecule has 0 saturated heterocycles. The van der Waals surface area contributed by atoms with Crippen molar-refractivity contribution in [3.63, 3.8) is 0 Å². The van der Waals surface area contributed by atoms with Crippen LogP contribution in [0, 0.1) is 0 Å². The molecule has 6 rings (SSSR count). The SMILES string of the molecule is CCCCCCCCCCNC(=O)[C@H](Cc1c[nH]c2ccccc12)NC(=O)C(C)(c1c[nH]c2ccccc12)c1c[nH]c2ccccc12. The Bertz CT molecular complexity index is 1870. The molecule has 244 valence electrons. The van der Waals surface area contributed by atoms with Gasteiger partial charge in [-0.15, -0.1) is 0 Å². The van der Waals surface area contributed by atoms with Gasteiger partial charge in [-0.25, -0.2) is 0 Å². The highest BCUT2D eigenvalue weighted by Crippen LogP contribution is 2.40. The van der Waals surface area contributed by atoms with Crippen LogP contribution >= 0.6 is 0 Å². The summed E-state index contributed by atoms with van der Waals surface area (Å²) < 4.78 is 0. The van der Waals surface area contributed by atoms with Crippen LogP contribution < -0.4 is 10.6 Å². The molecule has 5 N–H and O–H groups in total. The number of H-pyrrole nitrogens is 3. The summed E-state index contributed by atoms with van der Waals surface area (Å²) in [6, 6.07) is 23.4.